The Labute approximate surface area is 136 Å². The number of hydrogen-bond acceptors (Lipinski definition) is 5. The molecule has 2 heterocycles. The highest BCUT2D eigenvalue weighted by Crippen LogP contribution is 2.38. The van der Waals surface area contributed by atoms with Gasteiger partial charge >= 0.3 is 0 Å². The van der Waals surface area contributed by atoms with E-state index in [0.29, 0.717) is 22.4 Å². The van der Waals surface area contributed by atoms with Crippen molar-refractivity contribution in [1.82, 2.24) is 0 Å². The maximum atomic E-state index is 12.2. The standard InChI is InChI=1S/C17H12N2O5/c20-17-14(13-3-1-2-4-15(13)18-17)7-10-5-12(19(21)22)6-11-8-23-9-24-16(10)11/h1-7H,8-9H2,(H,18,20)/b14-7-. The molecule has 0 aliphatic carbocycles. The number of nitrogens with zero attached hydrogens (tertiary/aromatic N) is 1. The number of non-ortho nitro benzene ring substituents is 1. The number of amides is 1. The molecule has 1 amide bonds. The van der Waals surface area contributed by atoms with E-state index < -0.39 is 4.92 Å². The predicted octanol–water partition coefficient (Wildman–Crippen LogP) is 2.95. The van der Waals surface area contributed by atoms with Gasteiger partial charge in [-0.3, -0.25) is 14.9 Å². The Bertz CT molecular complexity index is 904. The number of anilines is 1. The maximum absolute atomic E-state index is 12.2. The summed E-state index contributed by atoms with van der Waals surface area (Å²) in [5.74, 6) is 0.264. The van der Waals surface area contributed by atoms with Crippen LogP contribution in [0.1, 0.15) is 16.7 Å². The third-order valence-electron chi connectivity index (χ3n) is 3.94. The van der Waals surface area contributed by atoms with Gasteiger partial charge in [-0.25, -0.2) is 0 Å². The van der Waals surface area contributed by atoms with Crippen molar-refractivity contribution in [3.05, 3.63) is 63.2 Å². The summed E-state index contributed by atoms with van der Waals surface area (Å²) in [7, 11) is 0. The fourth-order valence-electron chi connectivity index (χ4n) is 2.88. The van der Waals surface area contributed by atoms with Crippen LogP contribution < -0.4 is 10.1 Å². The van der Waals surface area contributed by atoms with Gasteiger partial charge in [0.1, 0.15) is 5.75 Å². The van der Waals surface area contributed by atoms with E-state index >= 15 is 0 Å². The molecule has 0 spiro atoms. The summed E-state index contributed by atoms with van der Waals surface area (Å²) < 4.78 is 10.7. The summed E-state index contributed by atoms with van der Waals surface area (Å²) in [6.07, 6.45) is 1.62. The fraction of sp³-hybridized carbons (Fsp3) is 0.118. The molecule has 0 atom stereocenters. The lowest BCUT2D eigenvalue weighted by Crippen LogP contribution is -2.13. The quantitative estimate of drug-likeness (QED) is 0.521. The van der Waals surface area contributed by atoms with E-state index in [0.717, 1.165) is 11.3 Å². The Balaban J connectivity index is 1.89. The molecule has 0 bridgehead atoms. The molecule has 7 heteroatoms. The zero-order valence-corrected chi connectivity index (χ0v) is 12.4. The molecule has 0 saturated heterocycles. The van der Waals surface area contributed by atoms with Crippen LogP contribution in [-0.4, -0.2) is 17.6 Å². The van der Waals surface area contributed by atoms with Gasteiger partial charge in [0.2, 0.25) is 0 Å². The summed E-state index contributed by atoms with van der Waals surface area (Å²) in [5, 5.41) is 13.9. The summed E-state index contributed by atoms with van der Waals surface area (Å²) in [5.41, 5.74) is 2.94. The molecule has 2 aromatic rings. The number of nitrogens with one attached hydrogen (secondary N) is 1. The van der Waals surface area contributed by atoms with Gasteiger partial charge in [-0.05, 0) is 12.1 Å². The van der Waals surface area contributed by atoms with Crippen molar-refractivity contribution in [3.8, 4) is 5.75 Å². The van der Waals surface area contributed by atoms with E-state index in [1.54, 1.807) is 12.1 Å². The number of carbonyl (C=O) groups is 1. The Morgan fingerprint density at radius 1 is 1.25 bits per heavy atom. The molecule has 4 rings (SSSR count). The minimum atomic E-state index is -0.473. The molecular weight excluding hydrogens is 312 g/mol. The fourth-order valence-corrected chi connectivity index (χ4v) is 2.88. The summed E-state index contributed by atoms with van der Waals surface area (Å²) in [4.78, 5) is 22.9. The average molecular weight is 324 g/mol. The largest absolute Gasteiger partial charge is 0.467 e. The molecule has 2 aromatic carbocycles. The van der Waals surface area contributed by atoms with Gasteiger partial charge in [0.25, 0.3) is 11.6 Å². The van der Waals surface area contributed by atoms with Gasteiger partial charge in [-0.1, -0.05) is 18.2 Å². The van der Waals surface area contributed by atoms with Crippen molar-refractivity contribution in [3.63, 3.8) is 0 Å². The first kappa shape index (κ1) is 14.4. The van der Waals surface area contributed by atoms with Crippen LogP contribution >= 0.6 is 0 Å². The number of nitro benzene ring substituents is 1. The lowest BCUT2D eigenvalue weighted by Gasteiger charge is -2.19. The minimum Gasteiger partial charge on any atom is -0.467 e. The highest BCUT2D eigenvalue weighted by atomic mass is 16.7. The van der Waals surface area contributed by atoms with Crippen molar-refractivity contribution in [2.75, 3.05) is 12.1 Å². The second kappa shape index (κ2) is 5.47. The first-order valence-corrected chi connectivity index (χ1v) is 7.28. The molecule has 0 fully saturated rings. The summed E-state index contributed by atoms with van der Waals surface area (Å²) in [6.45, 7) is 0.305. The van der Waals surface area contributed by atoms with Crippen molar-refractivity contribution < 1.29 is 19.2 Å². The van der Waals surface area contributed by atoms with E-state index in [4.69, 9.17) is 9.47 Å². The number of ether oxygens (including phenoxy) is 2. The van der Waals surface area contributed by atoms with Crippen molar-refractivity contribution in [2.45, 2.75) is 6.61 Å². The predicted molar refractivity (Wildman–Crippen MR) is 86.3 cm³/mol. The molecule has 2 aliphatic heterocycles. The van der Waals surface area contributed by atoms with E-state index in [9.17, 15) is 14.9 Å². The molecule has 7 nitrogen and oxygen atoms in total. The summed E-state index contributed by atoms with van der Waals surface area (Å²) in [6, 6.07) is 10.1. The maximum Gasteiger partial charge on any atom is 0.270 e. The number of rotatable bonds is 2. The van der Waals surface area contributed by atoms with Gasteiger partial charge in [0, 0.05) is 40.1 Å². The van der Waals surface area contributed by atoms with Crippen LogP contribution in [0, 0.1) is 10.1 Å². The van der Waals surface area contributed by atoms with Crippen molar-refractivity contribution in [2.24, 2.45) is 0 Å². The first-order chi connectivity index (χ1) is 11.6. The Kier molecular flexibility index (Phi) is 3.28. The Morgan fingerprint density at radius 2 is 2.08 bits per heavy atom. The number of carbonyl (C=O) groups excluding carboxylic acids is 1. The van der Waals surface area contributed by atoms with Crippen molar-refractivity contribution in [1.29, 1.82) is 0 Å². The average Bonchev–Trinajstić information content (AvgIpc) is 2.90. The number of benzene rings is 2. The monoisotopic (exact) mass is 324 g/mol. The molecular formula is C17H12N2O5. The molecule has 24 heavy (non-hydrogen) atoms. The lowest BCUT2D eigenvalue weighted by molar-refractivity contribution is -0.385. The van der Waals surface area contributed by atoms with Crippen molar-refractivity contribution >= 4 is 28.9 Å². The van der Waals surface area contributed by atoms with Crippen LogP contribution in [0.4, 0.5) is 11.4 Å². The third-order valence-corrected chi connectivity index (χ3v) is 3.94. The van der Waals surface area contributed by atoms with Gasteiger partial charge < -0.3 is 14.8 Å². The van der Waals surface area contributed by atoms with Gasteiger partial charge in [0.15, 0.2) is 6.79 Å². The van der Waals surface area contributed by atoms with Crippen LogP contribution in [0.2, 0.25) is 0 Å². The van der Waals surface area contributed by atoms with Crippen LogP contribution in [0.15, 0.2) is 36.4 Å². The van der Waals surface area contributed by atoms with E-state index in [2.05, 4.69) is 5.32 Å². The molecule has 0 aromatic heterocycles. The van der Waals surface area contributed by atoms with E-state index in [-0.39, 0.29) is 25.0 Å². The zero-order valence-electron chi connectivity index (χ0n) is 12.4. The molecule has 0 unspecified atom stereocenters. The van der Waals surface area contributed by atoms with E-state index in [1.165, 1.54) is 12.1 Å². The van der Waals surface area contributed by atoms with Gasteiger partial charge in [0.05, 0.1) is 11.5 Å². The molecule has 0 radical (unpaired) electrons. The van der Waals surface area contributed by atoms with E-state index in [1.807, 2.05) is 18.2 Å². The van der Waals surface area contributed by atoms with Crippen LogP contribution in [0.25, 0.3) is 11.6 Å². The minimum absolute atomic E-state index is 0.0682. The first-order valence-electron chi connectivity index (χ1n) is 7.28. The number of hydrogen-bond donors (Lipinski definition) is 1. The van der Waals surface area contributed by atoms with Crippen LogP contribution in [-0.2, 0) is 16.1 Å². The number of fused-ring (bicyclic) bond motifs is 2. The second-order valence-corrected chi connectivity index (χ2v) is 5.45. The van der Waals surface area contributed by atoms with Crippen LogP contribution in [0.5, 0.6) is 5.75 Å². The van der Waals surface area contributed by atoms with Gasteiger partial charge in [-0.2, -0.15) is 0 Å². The normalized spacial score (nSPS) is 17.0. The highest BCUT2D eigenvalue weighted by Gasteiger charge is 2.26. The second-order valence-electron chi connectivity index (χ2n) is 5.45. The van der Waals surface area contributed by atoms with Crippen LogP contribution in [0.3, 0.4) is 0 Å². The Morgan fingerprint density at radius 3 is 2.92 bits per heavy atom. The SMILES string of the molecule is O=C1Nc2ccccc2/C1=C/c1cc([N+](=O)[O-])cc2c1OCOC2. The molecule has 120 valence electrons. The highest BCUT2D eigenvalue weighted by molar-refractivity contribution is 6.35. The zero-order chi connectivity index (χ0) is 16.7. The molecule has 1 N–H and O–H groups in total. The molecule has 0 saturated carbocycles. The smallest absolute Gasteiger partial charge is 0.270 e. The number of nitro groups is 1. The summed E-state index contributed by atoms with van der Waals surface area (Å²) >= 11 is 0. The van der Waals surface area contributed by atoms with Gasteiger partial charge in [-0.15, -0.1) is 0 Å². The third kappa shape index (κ3) is 2.31. The Hall–Kier alpha value is -3.19. The lowest BCUT2D eigenvalue weighted by atomic mass is 10.0. The topological polar surface area (TPSA) is 90.7 Å². The number of para-hydroxylation sites is 1. The molecule has 2 aliphatic rings.